The highest BCUT2D eigenvalue weighted by Crippen LogP contribution is 2.24. The Morgan fingerprint density at radius 2 is 1.92 bits per heavy atom. The molecule has 138 valence electrons. The SMILES string of the molecule is CSc1ccccc1NC(=O)[C@H](C)[NH+]1CCN(C(=O)c2ccco2)CC1. The van der Waals surface area contributed by atoms with Crippen LogP contribution < -0.4 is 10.2 Å². The fourth-order valence-electron chi connectivity index (χ4n) is 3.16. The number of thioether (sulfide) groups is 1. The molecule has 0 saturated carbocycles. The summed E-state index contributed by atoms with van der Waals surface area (Å²) in [6.07, 6.45) is 3.50. The van der Waals surface area contributed by atoms with Gasteiger partial charge >= 0.3 is 0 Å². The van der Waals surface area contributed by atoms with Crippen molar-refractivity contribution in [1.82, 2.24) is 4.90 Å². The van der Waals surface area contributed by atoms with E-state index >= 15 is 0 Å². The molecule has 0 bridgehead atoms. The summed E-state index contributed by atoms with van der Waals surface area (Å²) in [6, 6.07) is 11.0. The number of quaternary nitrogens is 1. The van der Waals surface area contributed by atoms with Crippen LogP contribution in [0.15, 0.2) is 52.0 Å². The standard InChI is InChI=1S/C19H23N3O3S/c1-14(18(23)20-15-6-3-4-8-17(15)26-2)21-9-11-22(12-10-21)19(24)16-7-5-13-25-16/h3-8,13-14H,9-12H2,1-2H3,(H,20,23)/p+1/t14-/m0/s1. The second kappa shape index (κ2) is 8.42. The van der Waals surface area contributed by atoms with Gasteiger partial charge in [-0.2, -0.15) is 0 Å². The van der Waals surface area contributed by atoms with E-state index < -0.39 is 0 Å². The summed E-state index contributed by atoms with van der Waals surface area (Å²) in [5, 5.41) is 3.04. The molecule has 1 aliphatic rings. The lowest BCUT2D eigenvalue weighted by Gasteiger charge is -2.34. The Bertz CT molecular complexity index is 755. The largest absolute Gasteiger partial charge is 0.459 e. The van der Waals surface area contributed by atoms with Crippen molar-refractivity contribution in [3.63, 3.8) is 0 Å². The van der Waals surface area contributed by atoms with Crippen LogP contribution in [0.25, 0.3) is 0 Å². The van der Waals surface area contributed by atoms with Crippen LogP contribution in [0, 0.1) is 0 Å². The molecular weight excluding hydrogens is 350 g/mol. The highest BCUT2D eigenvalue weighted by Gasteiger charge is 2.31. The highest BCUT2D eigenvalue weighted by molar-refractivity contribution is 7.98. The van der Waals surface area contributed by atoms with Gasteiger partial charge in [0.15, 0.2) is 11.8 Å². The van der Waals surface area contributed by atoms with E-state index in [1.165, 1.54) is 11.2 Å². The molecular formula is C19H24N3O3S+. The lowest BCUT2D eigenvalue weighted by atomic mass is 10.2. The third-order valence-electron chi connectivity index (χ3n) is 4.80. The molecule has 2 N–H and O–H groups in total. The molecule has 0 spiro atoms. The lowest BCUT2D eigenvalue weighted by molar-refractivity contribution is -0.917. The predicted molar refractivity (Wildman–Crippen MR) is 102 cm³/mol. The zero-order chi connectivity index (χ0) is 18.5. The van der Waals surface area contributed by atoms with Crippen molar-refractivity contribution in [2.75, 3.05) is 37.8 Å². The third kappa shape index (κ3) is 4.11. The molecule has 7 heteroatoms. The quantitative estimate of drug-likeness (QED) is 0.776. The molecule has 0 aliphatic carbocycles. The number of nitrogens with one attached hydrogen (secondary N) is 2. The van der Waals surface area contributed by atoms with E-state index in [1.54, 1.807) is 28.8 Å². The molecule has 1 aromatic heterocycles. The summed E-state index contributed by atoms with van der Waals surface area (Å²) in [5.74, 6) is 0.292. The number of benzene rings is 1. The highest BCUT2D eigenvalue weighted by atomic mass is 32.2. The average Bonchev–Trinajstić information content (AvgIpc) is 3.22. The van der Waals surface area contributed by atoms with Gasteiger partial charge in [-0.05, 0) is 37.4 Å². The summed E-state index contributed by atoms with van der Waals surface area (Å²) in [5.41, 5.74) is 0.850. The van der Waals surface area contributed by atoms with Crippen molar-refractivity contribution in [1.29, 1.82) is 0 Å². The number of carbonyl (C=O) groups is 2. The Balaban J connectivity index is 1.55. The summed E-state index contributed by atoms with van der Waals surface area (Å²) in [7, 11) is 0. The molecule has 26 heavy (non-hydrogen) atoms. The van der Waals surface area contributed by atoms with Gasteiger partial charge in [0.1, 0.15) is 0 Å². The maximum atomic E-state index is 12.6. The van der Waals surface area contributed by atoms with E-state index in [0.717, 1.165) is 23.7 Å². The minimum atomic E-state index is -0.175. The first-order valence-corrected chi connectivity index (χ1v) is 9.94. The summed E-state index contributed by atoms with van der Waals surface area (Å²) < 4.78 is 5.19. The van der Waals surface area contributed by atoms with Crippen molar-refractivity contribution in [2.24, 2.45) is 0 Å². The number of hydrogen-bond donors (Lipinski definition) is 2. The molecule has 3 rings (SSSR count). The average molecular weight is 374 g/mol. The van der Waals surface area contributed by atoms with Gasteiger partial charge in [-0.25, -0.2) is 0 Å². The molecule has 6 nitrogen and oxygen atoms in total. The van der Waals surface area contributed by atoms with Crippen LogP contribution in [0.3, 0.4) is 0 Å². The van der Waals surface area contributed by atoms with E-state index in [1.807, 2.05) is 37.4 Å². The zero-order valence-corrected chi connectivity index (χ0v) is 15.8. The monoisotopic (exact) mass is 374 g/mol. The molecule has 1 aliphatic heterocycles. The van der Waals surface area contributed by atoms with Crippen LogP contribution in [0.2, 0.25) is 0 Å². The van der Waals surface area contributed by atoms with Crippen LogP contribution in [-0.2, 0) is 4.79 Å². The number of anilines is 1. The number of rotatable bonds is 5. The second-order valence-electron chi connectivity index (χ2n) is 6.34. The lowest BCUT2D eigenvalue weighted by Crippen LogP contribution is -3.19. The van der Waals surface area contributed by atoms with Crippen molar-refractivity contribution in [3.05, 3.63) is 48.4 Å². The predicted octanol–water partition coefficient (Wildman–Crippen LogP) is 1.37. The molecule has 1 atom stereocenters. The van der Waals surface area contributed by atoms with Gasteiger partial charge < -0.3 is 19.5 Å². The van der Waals surface area contributed by atoms with Gasteiger partial charge in [0, 0.05) is 4.90 Å². The Morgan fingerprint density at radius 1 is 1.19 bits per heavy atom. The zero-order valence-electron chi connectivity index (χ0n) is 15.0. The normalized spacial score (nSPS) is 16.3. The van der Waals surface area contributed by atoms with E-state index in [4.69, 9.17) is 4.42 Å². The number of nitrogens with zero attached hydrogens (tertiary/aromatic N) is 1. The molecule has 0 unspecified atom stereocenters. The summed E-state index contributed by atoms with van der Waals surface area (Å²) >= 11 is 1.61. The van der Waals surface area contributed by atoms with Gasteiger partial charge in [0.25, 0.3) is 11.8 Å². The molecule has 2 amide bonds. The van der Waals surface area contributed by atoms with Crippen LogP contribution in [0.4, 0.5) is 5.69 Å². The van der Waals surface area contributed by atoms with E-state index in [-0.39, 0.29) is 17.9 Å². The second-order valence-corrected chi connectivity index (χ2v) is 7.19. The van der Waals surface area contributed by atoms with Gasteiger partial charge in [0.2, 0.25) is 0 Å². The smallest absolute Gasteiger partial charge is 0.289 e. The first kappa shape index (κ1) is 18.5. The van der Waals surface area contributed by atoms with Crippen LogP contribution in [-0.4, -0.2) is 55.2 Å². The number of piperazine rings is 1. The Kier molecular flexibility index (Phi) is 6.00. The summed E-state index contributed by atoms with van der Waals surface area (Å²) in [4.78, 5) is 29.0. The Morgan fingerprint density at radius 3 is 2.58 bits per heavy atom. The van der Waals surface area contributed by atoms with Crippen LogP contribution >= 0.6 is 11.8 Å². The number of furan rings is 1. The van der Waals surface area contributed by atoms with E-state index in [0.29, 0.717) is 18.8 Å². The maximum Gasteiger partial charge on any atom is 0.289 e. The number of para-hydroxylation sites is 1. The Hall–Kier alpha value is -2.25. The van der Waals surface area contributed by atoms with Gasteiger partial charge in [-0.15, -0.1) is 11.8 Å². The van der Waals surface area contributed by atoms with Crippen molar-refractivity contribution < 1.29 is 18.9 Å². The molecule has 2 aromatic rings. The van der Waals surface area contributed by atoms with Crippen LogP contribution in [0.1, 0.15) is 17.5 Å². The fraction of sp³-hybridized carbons (Fsp3) is 0.368. The van der Waals surface area contributed by atoms with Crippen molar-refractivity contribution >= 4 is 29.3 Å². The number of amides is 2. The van der Waals surface area contributed by atoms with Gasteiger partial charge in [-0.1, -0.05) is 12.1 Å². The first-order valence-electron chi connectivity index (χ1n) is 8.71. The molecule has 2 heterocycles. The fourth-order valence-corrected chi connectivity index (χ4v) is 3.71. The number of carbonyl (C=O) groups excluding carboxylic acids is 2. The topological polar surface area (TPSA) is 67.0 Å². The van der Waals surface area contributed by atoms with Gasteiger partial charge in [0.05, 0.1) is 38.1 Å². The van der Waals surface area contributed by atoms with Crippen LogP contribution in [0.5, 0.6) is 0 Å². The first-order chi connectivity index (χ1) is 12.6. The molecule has 1 saturated heterocycles. The molecule has 1 fully saturated rings. The number of hydrogen-bond acceptors (Lipinski definition) is 4. The molecule has 0 radical (unpaired) electrons. The minimum Gasteiger partial charge on any atom is -0.459 e. The van der Waals surface area contributed by atoms with Crippen molar-refractivity contribution in [3.8, 4) is 0 Å². The molecule has 1 aromatic carbocycles. The van der Waals surface area contributed by atoms with Gasteiger partial charge in [-0.3, -0.25) is 9.59 Å². The maximum absolute atomic E-state index is 12.6. The van der Waals surface area contributed by atoms with Crippen molar-refractivity contribution in [2.45, 2.75) is 17.9 Å². The third-order valence-corrected chi connectivity index (χ3v) is 5.59. The van der Waals surface area contributed by atoms with E-state index in [9.17, 15) is 9.59 Å². The Labute approximate surface area is 157 Å². The van der Waals surface area contributed by atoms with E-state index in [2.05, 4.69) is 5.32 Å². The minimum absolute atomic E-state index is 0.00677. The summed E-state index contributed by atoms with van der Waals surface area (Å²) in [6.45, 7) is 4.66.